The van der Waals surface area contributed by atoms with Gasteiger partial charge in [0.2, 0.25) is 5.91 Å². The molecule has 3 rings (SSSR count). The first-order valence-electron chi connectivity index (χ1n) is 10.3. The summed E-state index contributed by atoms with van der Waals surface area (Å²) in [6.07, 6.45) is 0.331. The monoisotopic (exact) mass is 412 g/mol. The minimum absolute atomic E-state index is 0.0586. The van der Waals surface area contributed by atoms with Crippen molar-refractivity contribution in [3.63, 3.8) is 0 Å². The number of nitrogens with zero attached hydrogens (tertiary/aromatic N) is 2. The van der Waals surface area contributed by atoms with Crippen molar-refractivity contribution in [3.8, 4) is 5.75 Å². The van der Waals surface area contributed by atoms with Crippen molar-refractivity contribution in [2.24, 2.45) is 0 Å². The van der Waals surface area contributed by atoms with Crippen molar-refractivity contribution in [1.82, 2.24) is 4.98 Å². The molecule has 0 saturated carbocycles. The largest absolute Gasteiger partial charge is 0.493 e. The number of hydrogen-bond acceptors (Lipinski definition) is 4. The van der Waals surface area contributed by atoms with Crippen molar-refractivity contribution < 1.29 is 14.4 Å². The van der Waals surface area contributed by atoms with E-state index in [1.807, 2.05) is 41.3 Å². The molecule has 2 aromatic carbocycles. The van der Waals surface area contributed by atoms with E-state index in [0.29, 0.717) is 19.6 Å². The Bertz CT molecular complexity index is 922. The second kappa shape index (κ2) is 10.4. The highest BCUT2D eigenvalue weighted by Gasteiger charge is 2.21. The quantitative estimate of drug-likeness (QED) is 0.556. The Morgan fingerprint density at radius 3 is 2.62 bits per heavy atom. The first-order valence-corrected chi connectivity index (χ1v) is 11.1. The lowest BCUT2D eigenvalue weighted by atomic mass is 10.2. The highest BCUT2D eigenvalue weighted by molar-refractivity contribution is 7.22. The molecule has 3 aromatic rings. The Kier molecular flexibility index (Phi) is 7.61. The van der Waals surface area contributed by atoms with E-state index in [-0.39, 0.29) is 5.91 Å². The molecule has 0 aliphatic carbocycles. The number of para-hydroxylation sites is 1. The molecule has 0 saturated heterocycles. The van der Waals surface area contributed by atoms with Gasteiger partial charge in [-0.05, 0) is 50.6 Å². The molecule has 0 fully saturated rings. The lowest BCUT2D eigenvalue weighted by Crippen LogP contribution is -3.12. The number of aromatic nitrogens is 1. The Morgan fingerprint density at radius 2 is 1.90 bits per heavy atom. The second-order valence-electron chi connectivity index (χ2n) is 7.13. The number of likely N-dealkylation sites (N-methyl/N-ethyl adjacent to an activating group) is 1. The minimum atomic E-state index is 0.0586. The summed E-state index contributed by atoms with van der Waals surface area (Å²) in [4.78, 5) is 21.1. The van der Waals surface area contributed by atoms with Gasteiger partial charge < -0.3 is 9.64 Å². The van der Waals surface area contributed by atoms with Crippen LogP contribution in [0.3, 0.4) is 0 Å². The number of carbonyl (C=O) groups excluding carboxylic acids is 1. The third-order valence-electron chi connectivity index (χ3n) is 5.08. The Balaban J connectivity index is 1.72. The Hall–Kier alpha value is -2.44. The van der Waals surface area contributed by atoms with Gasteiger partial charge in [-0.2, -0.15) is 0 Å². The van der Waals surface area contributed by atoms with Gasteiger partial charge >= 0.3 is 0 Å². The van der Waals surface area contributed by atoms with Crippen LogP contribution in [0, 0.1) is 6.92 Å². The molecular formula is C23H30N3O2S+. The molecule has 0 aliphatic rings. The molecule has 0 atom stereocenters. The maximum Gasteiger partial charge on any atom is 0.232 e. The number of anilines is 1. The van der Waals surface area contributed by atoms with Crippen molar-refractivity contribution in [1.29, 1.82) is 0 Å². The SMILES string of the molecule is CC[NH+](CC)CCN(C(=O)CCOc1ccccc1)c1nc2ccc(C)cc2s1. The number of rotatable bonds is 10. The van der Waals surface area contributed by atoms with E-state index in [1.165, 1.54) is 10.5 Å². The second-order valence-corrected chi connectivity index (χ2v) is 8.14. The van der Waals surface area contributed by atoms with E-state index in [0.717, 1.165) is 40.7 Å². The molecule has 1 N–H and O–H groups in total. The van der Waals surface area contributed by atoms with E-state index in [1.54, 1.807) is 11.3 Å². The zero-order chi connectivity index (χ0) is 20.6. The average molecular weight is 413 g/mol. The number of thiazole rings is 1. The summed E-state index contributed by atoms with van der Waals surface area (Å²) in [5.41, 5.74) is 2.15. The maximum atomic E-state index is 13.1. The van der Waals surface area contributed by atoms with Crippen LogP contribution >= 0.6 is 11.3 Å². The van der Waals surface area contributed by atoms with E-state index < -0.39 is 0 Å². The Labute approximate surface area is 176 Å². The predicted octanol–water partition coefficient (Wildman–Crippen LogP) is 3.33. The van der Waals surface area contributed by atoms with Crippen molar-refractivity contribution in [3.05, 3.63) is 54.1 Å². The van der Waals surface area contributed by atoms with Crippen LogP contribution in [-0.4, -0.2) is 43.7 Å². The van der Waals surface area contributed by atoms with E-state index in [2.05, 4.69) is 32.9 Å². The summed E-state index contributed by atoms with van der Waals surface area (Å²) < 4.78 is 6.85. The molecule has 1 amide bonds. The third-order valence-corrected chi connectivity index (χ3v) is 6.12. The average Bonchev–Trinajstić information content (AvgIpc) is 3.14. The number of amides is 1. The van der Waals surface area contributed by atoms with Gasteiger partial charge in [0.05, 0.1) is 49.4 Å². The van der Waals surface area contributed by atoms with Crippen molar-refractivity contribution in [2.75, 3.05) is 37.7 Å². The van der Waals surface area contributed by atoms with E-state index in [9.17, 15) is 4.79 Å². The lowest BCUT2D eigenvalue weighted by molar-refractivity contribution is -0.894. The van der Waals surface area contributed by atoms with Gasteiger partial charge in [0.25, 0.3) is 0 Å². The van der Waals surface area contributed by atoms with Crippen LogP contribution in [0.1, 0.15) is 25.8 Å². The number of hydrogen-bond donors (Lipinski definition) is 1. The number of carbonyl (C=O) groups is 1. The molecular weight excluding hydrogens is 382 g/mol. The Morgan fingerprint density at radius 1 is 1.14 bits per heavy atom. The summed E-state index contributed by atoms with van der Waals surface area (Å²) >= 11 is 1.59. The summed E-state index contributed by atoms with van der Waals surface area (Å²) in [5, 5.41) is 0.780. The molecule has 0 radical (unpaired) electrons. The predicted molar refractivity (Wildman–Crippen MR) is 120 cm³/mol. The molecule has 0 spiro atoms. The number of benzene rings is 2. The molecule has 5 nitrogen and oxygen atoms in total. The number of fused-ring (bicyclic) bond motifs is 1. The highest BCUT2D eigenvalue weighted by Crippen LogP contribution is 2.29. The molecule has 0 bridgehead atoms. The van der Waals surface area contributed by atoms with Crippen LogP contribution in [0.4, 0.5) is 5.13 Å². The van der Waals surface area contributed by atoms with Crippen LogP contribution in [0.15, 0.2) is 48.5 Å². The first-order chi connectivity index (χ1) is 14.1. The molecule has 0 unspecified atom stereocenters. The van der Waals surface area contributed by atoms with Gasteiger partial charge in [-0.25, -0.2) is 4.98 Å². The van der Waals surface area contributed by atoms with E-state index >= 15 is 0 Å². The summed E-state index contributed by atoms with van der Waals surface area (Å²) in [6, 6.07) is 15.8. The fraction of sp³-hybridized carbons (Fsp3) is 0.391. The fourth-order valence-corrected chi connectivity index (χ4v) is 4.35. The normalized spacial score (nSPS) is 11.2. The number of aryl methyl sites for hydroxylation is 1. The number of ether oxygens (including phenoxy) is 1. The molecule has 154 valence electrons. The van der Waals surface area contributed by atoms with Crippen LogP contribution in [0.25, 0.3) is 10.2 Å². The number of quaternary nitrogens is 1. The van der Waals surface area contributed by atoms with E-state index in [4.69, 9.17) is 9.72 Å². The highest BCUT2D eigenvalue weighted by atomic mass is 32.1. The van der Waals surface area contributed by atoms with Gasteiger partial charge in [0.1, 0.15) is 5.75 Å². The van der Waals surface area contributed by atoms with Crippen LogP contribution in [-0.2, 0) is 4.79 Å². The summed E-state index contributed by atoms with van der Waals surface area (Å²) in [6.45, 7) is 10.5. The summed E-state index contributed by atoms with van der Waals surface area (Å²) in [7, 11) is 0. The standard InChI is InChI=1S/C23H29N3O2S/c1-4-25(5-2)14-15-26(22(27)13-16-28-19-9-7-6-8-10-19)23-24-20-12-11-18(3)17-21(20)29-23/h6-12,17H,4-5,13-16H2,1-3H3/p+1. The van der Waals surface area contributed by atoms with Gasteiger partial charge in [0.15, 0.2) is 5.13 Å². The number of nitrogens with one attached hydrogen (secondary N) is 1. The lowest BCUT2D eigenvalue weighted by Gasteiger charge is -2.23. The first kappa shape index (κ1) is 21.3. The zero-order valence-corrected chi connectivity index (χ0v) is 18.3. The summed E-state index contributed by atoms with van der Waals surface area (Å²) in [5.74, 6) is 0.846. The minimum Gasteiger partial charge on any atom is -0.493 e. The molecule has 0 aliphatic heterocycles. The van der Waals surface area contributed by atoms with Crippen LogP contribution in [0.5, 0.6) is 5.75 Å². The molecule has 1 aromatic heterocycles. The fourth-order valence-electron chi connectivity index (χ4n) is 3.24. The van der Waals surface area contributed by atoms with Crippen molar-refractivity contribution in [2.45, 2.75) is 27.2 Å². The van der Waals surface area contributed by atoms with Crippen LogP contribution in [0.2, 0.25) is 0 Å². The van der Waals surface area contributed by atoms with Gasteiger partial charge in [-0.3, -0.25) is 9.69 Å². The van der Waals surface area contributed by atoms with Gasteiger partial charge in [-0.1, -0.05) is 35.6 Å². The van der Waals surface area contributed by atoms with Crippen LogP contribution < -0.4 is 14.5 Å². The van der Waals surface area contributed by atoms with Gasteiger partial charge in [-0.15, -0.1) is 0 Å². The molecule has 6 heteroatoms. The zero-order valence-electron chi connectivity index (χ0n) is 17.5. The van der Waals surface area contributed by atoms with Gasteiger partial charge in [0, 0.05) is 0 Å². The topological polar surface area (TPSA) is 46.9 Å². The van der Waals surface area contributed by atoms with Crippen molar-refractivity contribution >= 4 is 32.6 Å². The molecule has 29 heavy (non-hydrogen) atoms. The molecule has 1 heterocycles. The third kappa shape index (κ3) is 5.78. The smallest absolute Gasteiger partial charge is 0.232 e. The maximum absolute atomic E-state index is 13.1.